The van der Waals surface area contributed by atoms with Crippen LogP contribution in [0.2, 0.25) is 0 Å². The molecule has 0 radical (unpaired) electrons. The lowest BCUT2D eigenvalue weighted by Crippen LogP contribution is -2.34. The number of nitrogen functional groups attached to an aromatic ring is 1. The molecule has 0 spiro atoms. The summed E-state index contributed by atoms with van der Waals surface area (Å²) in [7, 11) is 0. The second-order valence-corrected chi connectivity index (χ2v) is 3.63. The number of anilines is 1. The van der Waals surface area contributed by atoms with E-state index in [-0.39, 0.29) is 16.9 Å². The molecule has 0 aromatic carbocycles. The van der Waals surface area contributed by atoms with E-state index in [0.29, 0.717) is 0 Å². The van der Waals surface area contributed by atoms with Gasteiger partial charge in [0.25, 0.3) is 0 Å². The SMILES string of the molecule is Nc1nc(SCC(=O)NCC(F)(F)F)n[nH]1. The van der Waals surface area contributed by atoms with Crippen molar-refractivity contribution >= 4 is 23.6 Å². The lowest BCUT2D eigenvalue weighted by Gasteiger charge is -2.06. The van der Waals surface area contributed by atoms with Gasteiger partial charge in [-0.15, -0.1) is 5.10 Å². The fourth-order valence-electron chi connectivity index (χ4n) is 0.703. The van der Waals surface area contributed by atoms with E-state index in [9.17, 15) is 18.0 Å². The van der Waals surface area contributed by atoms with Crippen LogP contribution in [-0.4, -0.2) is 39.6 Å². The molecule has 1 aromatic heterocycles. The Bertz CT molecular complexity index is 365. The molecule has 16 heavy (non-hydrogen) atoms. The molecule has 0 aliphatic carbocycles. The number of alkyl halides is 3. The Balaban J connectivity index is 2.25. The lowest BCUT2D eigenvalue weighted by atomic mass is 10.6. The van der Waals surface area contributed by atoms with E-state index in [2.05, 4.69) is 15.2 Å². The van der Waals surface area contributed by atoms with Crippen molar-refractivity contribution in [2.45, 2.75) is 11.3 Å². The largest absolute Gasteiger partial charge is 0.405 e. The van der Waals surface area contributed by atoms with Crippen molar-refractivity contribution in [2.24, 2.45) is 0 Å². The first-order valence-corrected chi connectivity index (χ1v) is 4.99. The average Bonchev–Trinajstić information content (AvgIpc) is 2.57. The predicted molar refractivity (Wildman–Crippen MR) is 50.6 cm³/mol. The van der Waals surface area contributed by atoms with Crippen LogP contribution in [0.5, 0.6) is 0 Å². The zero-order chi connectivity index (χ0) is 12.2. The maximum atomic E-state index is 11.7. The molecular weight excluding hydrogens is 247 g/mol. The van der Waals surface area contributed by atoms with Crippen LogP contribution in [0.15, 0.2) is 5.16 Å². The number of nitrogens with zero attached hydrogens (tertiary/aromatic N) is 2. The number of nitrogens with two attached hydrogens (primary N) is 1. The quantitative estimate of drug-likeness (QED) is 0.666. The minimum Gasteiger partial charge on any atom is -0.368 e. The van der Waals surface area contributed by atoms with Gasteiger partial charge in [0.15, 0.2) is 0 Å². The summed E-state index contributed by atoms with van der Waals surface area (Å²) >= 11 is 0.887. The minimum absolute atomic E-state index is 0.0817. The van der Waals surface area contributed by atoms with Gasteiger partial charge in [0.1, 0.15) is 6.54 Å². The van der Waals surface area contributed by atoms with E-state index in [4.69, 9.17) is 5.73 Å². The number of carbonyl (C=O) groups excluding carboxylic acids is 1. The van der Waals surface area contributed by atoms with Crippen molar-refractivity contribution in [1.82, 2.24) is 20.5 Å². The molecule has 0 fully saturated rings. The molecule has 6 nitrogen and oxygen atoms in total. The monoisotopic (exact) mass is 255 g/mol. The summed E-state index contributed by atoms with van der Waals surface area (Å²) in [5.74, 6) is -0.864. The van der Waals surface area contributed by atoms with Gasteiger partial charge in [-0.3, -0.25) is 4.79 Å². The van der Waals surface area contributed by atoms with Crippen molar-refractivity contribution in [3.63, 3.8) is 0 Å². The highest BCUT2D eigenvalue weighted by molar-refractivity contribution is 7.99. The molecule has 1 rings (SSSR count). The number of rotatable bonds is 4. The number of nitrogens with one attached hydrogen (secondary N) is 2. The summed E-state index contributed by atoms with van der Waals surface area (Å²) in [6.07, 6.45) is -4.41. The number of aromatic nitrogens is 3. The van der Waals surface area contributed by atoms with Crippen LogP contribution in [0, 0.1) is 0 Å². The third-order valence-electron chi connectivity index (χ3n) is 1.30. The number of thioether (sulfide) groups is 1. The van der Waals surface area contributed by atoms with Crippen molar-refractivity contribution in [1.29, 1.82) is 0 Å². The van der Waals surface area contributed by atoms with Crippen LogP contribution in [-0.2, 0) is 4.79 Å². The molecule has 1 amide bonds. The van der Waals surface area contributed by atoms with Gasteiger partial charge in [-0.25, -0.2) is 5.10 Å². The van der Waals surface area contributed by atoms with E-state index in [0.717, 1.165) is 11.8 Å². The molecule has 1 aromatic rings. The Morgan fingerprint density at radius 1 is 1.56 bits per heavy atom. The third kappa shape index (κ3) is 4.87. The minimum atomic E-state index is -4.41. The molecule has 10 heteroatoms. The van der Waals surface area contributed by atoms with E-state index >= 15 is 0 Å². The first kappa shape index (κ1) is 12.6. The summed E-state index contributed by atoms with van der Waals surface area (Å²) in [6, 6.07) is 0. The van der Waals surface area contributed by atoms with Gasteiger partial charge in [-0.1, -0.05) is 11.8 Å². The number of halogens is 3. The normalized spacial score (nSPS) is 11.4. The van der Waals surface area contributed by atoms with Crippen LogP contribution in [0.1, 0.15) is 0 Å². The van der Waals surface area contributed by atoms with Crippen molar-refractivity contribution in [3.05, 3.63) is 0 Å². The molecule has 1 heterocycles. The highest BCUT2D eigenvalue weighted by Crippen LogP contribution is 2.14. The number of hydrogen-bond donors (Lipinski definition) is 3. The highest BCUT2D eigenvalue weighted by Gasteiger charge is 2.27. The lowest BCUT2D eigenvalue weighted by molar-refractivity contribution is -0.136. The highest BCUT2D eigenvalue weighted by atomic mass is 32.2. The fraction of sp³-hybridized carbons (Fsp3) is 0.500. The Morgan fingerprint density at radius 3 is 2.75 bits per heavy atom. The van der Waals surface area contributed by atoms with Gasteiger partial charge in [0.2, 0.25) is 17.0 Å². The smallest absolute Gasteiger partial charge is 0.368 e. The zero-order valence-corrected chi connectivity index (χ0v) is 8.65. The third-order valence-corrected chi connectivity index (χ3v) is 2.15. The van der Waals surface area contributed by atoms with Crippen LogP contribution in [0.4, 0.5) is 19.1 Å². The fourth-order valence-corrected chi connectivity index (χ4v) is 1.34. The maximum Gasteiger partial charge on any atom is 0.405 e. The molecule has 0 bridgehead atoms. The standard InChI is InChI=1S/C6H8F3N5OS/c7-6(8,9)2-11-3(15)1-16-5-12-4(10)13-14-5/h1-2H2,(H,11,15)(H3,10,12,13,14). The van der Waals surface area contributed by atoms with Gasteiger partial charge in [0.05, 0.1) is 5.75 Å². The Kier molecular flexibility index (Phi) is 3.99. The summed E-state index contributed by atoms with van der Waals surface area (Å²) < 4.78 is 35.1. The van der Waals surface area contributed by atoms with Crippen LogP contribution < -0.4 is 11.1 Å². The number of carbonyl (C=O) groups is 1. The first-order chi connectivity index (χ1) is 7.37. The number of aromatic amines is 1. The number of amides is 1. The van der Waals surface area contributed by atoms with Crippen molar-refractivity contribution in [3.8, 4) is 0 Å². The van der Waals surface area contributed by atoms with Crippen molar-refractivity contribution in [2.75, 3.05) is 18.0 Å². The second-order valence-electron chi connectivity index (χ2n) is 2.68. The average molecular weight is 255 g/mol. The summed E-state index contributed by atoms with van der Waals surface area (Å²) in [5.41, 5.74) is 5.21. The van der Waals surface area contributed by atoms with E-state index in [1.165, 1.54) is 0 Å². The van der Waals surface area contributed by atoms with E-state index < -0.39 is 18.6 Å². The molecule has 0 saturated carbocycles. The van der Waals surface area contributed by atoms with Gasteiger partial charge in [-0.05, 0) is 0 Å². The molecular formula is C6H8F3N5OS. The summed E-state index contributed by atoms with van der Waals surface area (Å²) in [5, 5.41) is 7.85. The summed E-state index contributed by atoms with van der Waals surface area (Å²) in [6.45, 7) is -1.34. The Morgan fingerprint density at radius 2 is 2.25 bits per heavy atom. The molecule has 90 valence electrons. The second kappa shape index (κ2) is 5.05. The number of H-pyrrole nitrogens is 1. The molecule has 4 N–H and O–H groups in total. The topological polar surface area (TPSA) is 96.7 Å². The number of hydrogen-bond acceptors (Lipinski definition) is 5. The first-order valence-electron chi connectivity index (χ1n) is 4.01. The Labute approximate surface area is 92.2 Å². The Hall–Kier alpha value is -1.45. The van der Waals surface area contributed by atoms with Gasteiger partial charge >= 0.3 is 6.18 Å². The van der Waals surface area contributed by atoms with Crippen molar-refractivity contribution < 1.29 is 18.0 Å². The summed E-state index contributed by atoms with van der Waals surface area (Å²) in [4.78, 5) is 14.6. The van der Waals surface area contributed by atoms with Gasteiger partial charge < -0.3 is 11.1 Å². The molecule has 0 saturated heterocycles. The zero-order valence-electron chi connectivity index (χ0n) is 7.84. The molecule has 0 aliphatic rings. The van der Waals surface area contributed by atoms with Gasteiger partial charge in [0, 0.05) is 0 Å². The van der Waals surface area contributed by atoms with Crippen LogP contribution in [0.25, 0.3) is 0 Å². The maximum absolute atomic E-state index is 11.7. The van der Waals surface area contributed by atoms with Gasteiger partial charge in [-0.2, -0.15) is 18.2 Å². The van der Waals surface area contributed by atoms with E-state index in [1.54, 1.807) is 5.32 Å². The van der Waals surface area contributed by atoms with Crippen LogP contribution in [0.3, 0.4) is 0 Å². The molecule has 0 unspecified atom stereocenters. The predicted octanol–water partition coefficient (Wildman–Crippen LogP) is 0.157. The van der Waals surface area contributed by atoms with Crippen LogP contribution >= 0.6 is 11.8 Å². The molecule has 0 atom stereocenters. The molecule has 0 aliphatic heterocycles. The van der Waals surface area contributed by atoms with E-state index in [1.807, 2.05) is 0 Å².